The van der Waals surface area contributed by atoms with Crippen molar-refractivity contribution >= 4 is 54.8 Å². The Morgan fingerprint density at radius 3 is 1.86 bits per heavy atom. The normalized spacial score (nSPS) is 11.9. The van der Waals surface area contributed by atoms with Gasteiger partial charge in [0.2, 0.25) is 5.95 Å². The van der Waals surface area contributed by atoms with Gasteiger partial charge in [-0.05, 0) is 24.3 Å². The highest BCUT2D eigenvalue weighted by molar-refractivity contribution is 6.23. The second kappa shape index (κ2) is 7.20. The van der Waals surface area contributed by atoms with Crippen molar-refractivity contribution in [2.45, 2.75) is 0 Å². The van der Waals surface area contributed by atoms with Gasteiger partial charge < -0.3 is 4.57 Å². The first-order valence-electron chi connectivity index (χ1n) is 11.8. The highest BCUT2D eigenvalue weighted by atomic mass is 15.2. The summed E-state index contributed by atoms with van der Waals surface area (Å²) in [5, 5.41) is 4.70. The Bertz CT molecular complexity index is 2100. The summed E-state index contributed by atoms with van der Waals surface area (Å²) in [6.45, 7) is 0. The van der Waals surface area contributed by atoms with Crippen LogP contribution in [0.25, 0.3) is 66.4 Å². The molecule has 4 aromatic heterocycles. The fourth-order valence-corrected chi connectivity index (χ4v) is 5.42. The van der Waals surface area contributed by atoms with Crippen LogP contribution in [0.15, 0.2) is 110 Å². The van der Waals surface area contributed by atoms with Crippen molar-refractivity contribution in [3.8, 4) is 11.6 Å². The number of fused-ring (bicyclic) bond motifs is 8. The first-order chi connectivity index (χ1) is 17.9. The summed E-state index contributed by atoms with van der Waals surface area (Å²) < 4.78 is 4.52. The second-order valence-corrected chi connectivity index (χ2v) is 8.83. The van der Waals surface area contributed by atoms with Crippen LogP contribution in [-0.4, -0.2) is 29.1 Å². The second-order valence-electron chi connectivity index (χ2n) is 8.83. The molecule has 0 aliphatic carbocycles. The summed E-state index contributed by atoms with van der Waals surface area (Å²) in [6.07, 6.45) is 5.07. The fraction of sp³-hybridized carbons (Fsp3) is 0. The van der Waals surface area contributed by atoms with E-state index in [0.717, 1.165) is 38.5 Å². The Hall–Kier alpha value is -5.10. The average molecular weight is 463 g/mol. The van der Waals surface area contributed by atoms with E-state index in [2.05, 4.69) is 104 Å². The molecule has 8 rings (SSSR count). The van der Waals surface area contributed by atoms with Gasteiger partial charge in [-0.25, -0.2) is 15.0 Å². The molecular formula is C30H18N6. The van der Waals surface area contributed by atoms with Crippen LogP contribution in [0.2, 0.25) is 0 Å². The molecule has 8 aromatic rings. The predicted molar refractivity (Wildman–Crippen MR) is 144 cm³/mol. The zero-order valence-electron chi connectivity index (χ0n) is 19.1. The smallest absolute Gasteiger partial charge is 0.236 e. The minimum atomic E-state index is 0.573. The highest BCUT2D eigenvalue weighted by Gasteiger charge is 2.21. The molecule has 0 fully saturated rings. The first-order valence-corrected chi connectivity index (χ1v) is 11.8. The molecule has 0 radical (unpaired) electrons. The van der Waals surface area contributed by atoms with Gasteiger partial charge in [0.15, 0.2) is 5.65 Å². The number of aromatic nitrogens is 6. The lowest BCUT2D eigenvalue weighted by atomic mass is 10.1. The molecule has 4 aromatic carbocycles. The van der Waals surface area contributed by atoms with Gasteiger partial charge >= 0.3 is 0 Å². The third kappa shape index (κ3) is 2.55. The van der Waals surface area contributed by atoms with E-state index in [-0.39, 0.29) is 0 Å². The lowest BCUT2D eigenvalue weighted by Gasteiger charge is -2.11. The average Bonchev–Trinajstić information content (AvgIpc) is 3.46. The Balaban J connectivity index is 1.64. The lowest BCUT2D eigenvalue weighted by molar-refractivity contribution is 0.994. The van der Waals surface area contributed by atoms with Gasteiger partial charge in [-0.15, -0.1) is 0 Å². The monoisotopic (exact) mass is 462 g/mol. The van der Waals surface area contributed by atoms with Gasteiger partial charge in [-0.3, -0.25) is 4.57 Å². The Morgan fingerprint density at radius 1 is 0.500 bits per heavy atom. The maximum atomic E-state index is 4.85. The van der Waals surface area contributed by atoms with Crippen LogP contribution >= 0.6 is 0 Å². The molecule has 0 spiro atoms. The van der Waals surface area contributed by atoms with Gasteiger partial charge in [0, 0.05) is 39.6 Å². The zero-order chi connectivity index (χ0) is 23.6. The Kier molecular flexibility index (Phi) is 3.85. The summed E-state index contributed by atoms with van der Waals surface area (Å²) >= 11 is 0. The number of benzene rings is 4. The van der Waals surface area contributed by atoms with Crippen LogP contribution in [0.5, 0.6) is 0 Å². The zero-order valence-corrected chi connectivity index (χ0v) is 19.1. The maximum Gasteiger partial charge on any atom is 0.236 e. The van der Waals surface area contributed by atoms with E-state index in [1.807, 2.05) is 6.07 Å². The van der Waals surface area contributed by atoms with Crippen LogP contribution in [-0.2, 0) is 0 Å². The van der Waals surface area contributed by atoms with E-state index in [1.165, 1.54) is 10.8 Å². The largest absolute Gasteiger partial charge is 0.307 e. The Morgan fingerprint density at radius 2 is 1.11 bits per heavy atom. The van der Waals surface area contributed by atoms with E-state index < -0.39 is 0 Å². The van der Waals surface area contributed by atoms with Crippen molar-refractivity contribution in [1.29, 1.82) is 0 Å². The minimum absolute atomic E-state index is 0.573. The molecule has 0 atom stereocenters. The van der Waals surface area contributed by atoms with Crippen molar-refractivity contribution in [2.24, 2.45) is 0 Å². The van der Waals surface area contributed by atoms with Crippen LogP contribution in [0.4, 0.5) is 0 Å². The molecule has 168 valence electrons. The summed E-state index contributed by atoms with van der Waals surface area (Å²) in [7, 11) is 0. The maximum absolute atomic E-state index is 4.85. The van der Waals surface area contributed by atoms with E-state index in [0.29, 0.717) is 17.1 Å². The summed E-state index contributed by atoms with van der Waals surface area (Å²) in [5.74, 6) is 0.576. The van der Waals surface area contributed by atoms with Crippen molar-refractivity contribution in [3.63, 3.8) is 0 Å². The Labute approximate surface area is 205 Å². The predicted octanol–water partition coefficient (Wildman–Crippen LogP) is 6.61. The van der Waals surface area contributed by atoms with E-state index in [4.69, 9.17) is 9.97 Å². The van der Waals surface area contributed by atoms with Crippen LogP contribution < -0.4 is 0 Å². The van der Waals surface area contributed by atoms with Gasteiger partial charge in [0.1, 0.15) is 5.52 Å². The summed E-state index contributed by atoms with van der Waals surface area (Å²) in [4.78, 5) is 18.4. The van der Waals surface area contributed by atoms with Crippen LogP contribution in [0, 0.1) is 0 Å². The molecule has 0 unspecified atom stereocenters. The molecule has 6 heteroatoms. The minimum Gasteiger partial charge on any atom is -0.307 e. The fourth-order valence-electron chi connectivity index (χ4n) is 5.42. The van der Waals surface area contributed by atoms with Gasteiger partial charge in [0.25, 0.3) is 0 Å². The lowest BCUT2D eigenvalue weighted by Crippen LogP contribution is -2.03. The van der Waals surface area contributed by atoms with Crippen molar-refractivity contribution in [1.82, 2.24) is 29.1 Å². The van der Waals surface area contributed by atoms with E-state index in [9.17, 15) is 0 Å². The number of nitrogens with zero attached hydrogens (tertiary/aromatic N) is 6. The van der Waals surface area contributed by atoms with Crippen LogP contribution in [0.1, 0.15) is 0 Å². The third-order valence-corrected chi connectivity index (χ3v) is 6.90. The SMILES string of the molecule is c1ccc(-n2c3ccccc3c3ccc4c5ccccc5n(-c5ncc6nccnc6n5)c4c32)cc1. The van der Waals surface area contributed by atoms with Gasteiger partial charge in [-0.1, -0.05) is 66.7 Å². The highest BCUT2D eigenvalue weighted by Crippen LogP contribution is 2.41. The quantitative estimate of drug-likeness (QED) is 0.290. The molecule has 4 heterocycles. The third-order valence-electron chi connectivity index (χ3n) is 6.90. The molecule has 0 amide bonds. The molecule has 0 bridgehead atoms. The van der Waals surface area contributed by atoms with Gasteiger partial charge in [-0.2, -0.15) is 4.98 Å². The van der Waals surface area contributed by atoms with Crippen molar-refractivity contribution < 1.29 is 0 Å². The number of hydrogen-bond donors (Lipinski definition) is 0. The van der Waals surface area contributed by atoms with Crippen molar-refractivity contribution in [2.75, 3.05) is 0 Å². The van der Waals surface area contributed by atoms with E-state index in [1.54, 1.807) is 18.6 Å². The molecule has 0 N–H and O–H groups in total. The molecule has 0 saturated carbocycles. The topological polar surface area (TPSA) is 61.4 Å². The number of rotatable bonds is 2. The molecule has 0 saturated heterocycles. The number of para-hydroxylation sites is 3. The summed E-state index contributed by atoms with van der Waals surface area (Å²) in [5.41, 5.74) is 6.76. The molecule has 6 nitrogen and oxygen atoms in total. The van der Waals surface area contributed by atoms with Gasteiger partial charge in [0.05, 0.1) is 28.3 Å². The molecule has 0 aliphatic rings. The van der Waals surface area contributed by atoms with Crippen LogP contribution in [0.3, 0.4) is 0 Å². The number of hydrogen-bond acceptors (Lipinski definition) is 4. The van der Waals surface area contributed by atoms with E-state index >= 15 is 0 Å². The standard InChI is InChI=1S/C30H18N6/c1-2-8-19(9-3-1)35-25-12-6-4-10-20(25)22-14-15-23-21-11-5-7-13-26(21)36(28(23)27(22)35)30-33-18-24-29(34-30)32-17-16-31-24/h1-18H. The molecule has 36 heavy (non-hydrogen) atoms. The first kappa shape index (κ1) is 19.2. The summed E-state index contributed by atoms with van der Waals surface area (Å²) in [6, 6.07) is 32.0. The molecule has 0 aliphatic heterocycles. The molecular weight excluding hydrogens is 444 g/mol. The van der Waals surface area contributed by atoms with Crippen molar-refractivity contribution in [3.05, 3.63) is 110 Å².